The molecule has 0 aliphatic heterocycles. The van der Waals surface area contributed by atoms with E-state index in [9.17, 15) is 18.1 Å². The van der Waals surface area contributed by atoms with Gasteiger partial charge in [-0.25, -0.2) is 8.42 Å². The van der Waals surface area contributed by atoms with Crippen molar-refractivity contribution in [3.63, 3.8) is 0 Å². The summed E-state index contributed by atoms with van der Waals surface area (Å²) in [6.45, 7) is 3.92. The maximum Gasteiger partial charge on any atom is 1.00 e. The van der Waals surface area contributed by atoms with Crippen LogP contribution in [0.1, 0.15) is 78.1 Å². The van der Waals surface area contributed by atoms with Gasteiger partial charge in [-0.1, -0.05) is 58.8 Å². The van der Waals surface area contributed by atoms with Crippen molar-refractivity contribution in [2.75, 3.05) is 0 Å². The molecule has 0 bridgehead atoms. The first-order chi connectivity index (χ1) is 8.37. The van der Waals surface area contributed by atoms with E-state index in [0.717, 1.165) is 19.3 Å². The molecule has 0 saturated carbocycles. The van der Waals surface area contributed by atoms with Crippen molar-refractivity contribution in [2.45, 2.75) is 83.0 Å². The van der Waals surface area contributed by atoms with Gasteiger partial charge < -0.3 is 9.66 Å². The van der Waals surface area contributed by atoms with Gasteiger partial charge in [0.1, 0.15) is 10.1 Å². The van der Waals surface area contributed by atoms with Gasteiger partial charge in [-0.2, -0.15) is 0 Å². The Bertz CT molecular complexity index is 306. The van der Waals surface area contributed by atoms with Crippen molar-refractivity contribution in [2.24, 2.45) is 0 Å². The number of hydrogen-bond acceptors (Lipinski definition) is 4. The van der Waals surface area contributed by atoms with Gasteiger partial charge in [0.15, 0.2) is 4.93 Å². The SMILES string of the molecule is CCCCCCCCCC(O)(CCC)S(=O)(=O)[O-].[Na+]. The standard InChI is InChI=1S/C13H28O4S.Na/c1-3-5-6-7-8-9-10-12-13(14,11-4-2)18(15,16)17;/h14H,3-12H2,1-2H3,(H,15,16,17);/q;+1/p-1. The van der Waals surface area contributed by atoms with Crippen LogP contribution in [0.25, 0.3) is 0 Å². The molecular weight excluding hydrogens is 275 g/mol. The first kappa shape index (κ1) is 22.2. The molecule has 19 heavy (non-hydrogen) atoms. The minimum Gasteiger partial charge on any atom is -0.746 e. The molecule has 110 valence electrons. The Morgan fingerprint density at radius 3 is 1.79 bits per heavy atom. The molecule has 1 atom stereocenters. The zero-order valence-electron chi connectivity index (χ0n) is 12.7. The van der Waals surface area contributed by atoms with E-state index in [1.165, 1.54) is 19.3 Å². The minimum absolute atomic E-state index is 0. The second kappa shape index (κ2) is 11.5. The van der Waals surface area contributed by atoms with Crippen LogP contribution in [-0.4, -0.2) is 23.0 Å². The number of aliphatic hydroxyl groups is 1. The minimum atomic E-state index is -4.62. The van der Waals surface area contributed by atoms with Crippen LogP contribution >= 0.6 is 0 Å². The third-order valence-corrected chi connectivity index (χ3v) is 4.62. The largest absolute Gasteiger partial charge is 1.00 e. The molecule has 0 amide bonds. The first-order valence-electron chi connectivity index (χ1n) is 7.05. The van der Waals surface area contributed by atoms with Crippen LogP contribution in [0.3, 0.4) is 0 Å². The Balaban J connectivity index is 0. The fourth-order valence-corrected chi connectivity index (χ4v) is 2.97. The number of hydrogen-bond donors (Lipinski definition) is 1. The summed E-state index contributed by atoms with van der Waals surface area (Å²) in [4.78, 5) is -2.05. The summed E-state index contributed by atoms with van der Waals surface area (Å²) in [6, 6.07) is 0. The average Bonchev–Trinajstić information content (AvgIpc) is 2.27. The summed E-state index contributed by atoms with van der Waals surface area (Å²) in [5.74, 6) is 0. The van der Waals surface area contributed by atoms with Crippen LogP contribution in [0.15, 0.2) is 0 Å². The zero-order valence-corrected chi connectivity index (χ0v) is 15.5. The third kappa shape index (κ3) is 9.43. The summed E-state index contributed by atoms with van der Waals surface area (Å²) in [5, 5.41) is 9.89. The maximum atomic E-state index is 11.0. The van der Waals surface area contributed by atoms with Crippen molar-refractivity contribution >= 4 is 10.1 Å². The number of unbranched alkanes of at least 4 members (excludes halogenated alkanes) is 6. The van der Waals surface area contributed by atoms with E-state index in [4.69, 9.17) is 0 Å². The fraction of sp³-hybridized carbons (Fsp3) is 1.00. The van der Waals surface area contributed by atoms with E-state index >= 15 is 0 Å². The molecule has 1 N–H and O–H groups in total. The van der Waals surface area contributed by atoms with Crippen LogP contribution in [0.5, 0.6) is 0 Å². The van der Waals surface area contributed by atoms with Gasteiger partial charge in [-0.3, -0.25) is 0 Å². The molecule has 0 fully saturated rings. The molecule has 0 saturated heterocycles. The quantitative estimate of drug-likeness (QED) is 0.335. The molecule has 4 nitrogen and oxygen atoms in total. The van der Waals surface area contributed by atoms with Crippen LogP contribution in [-0.2, 0) is 10.1 Å². The van der Waals surface area contributed by atoms with Gasteiger partial charge in [-0.15, -0.1) is 0 Å². The van der Waals surface area contributed by atoms with Crippen molar-refractivity contribution < 1.29 is 47.6 Å². The molecule has 0 rings (SSSR count). The summed E-state index contributed by atoms with van der Waals surface area (Å²) >= 11 is 0. The molecule has 0 aromatic rings. The summed E-state index contributed by atoms with van der Waals surface area (Å²) in [5.41, 5.74) is 0. The van der Waals surface area contributed by atoms with E-state index in [1.807, 2.05) is 0 Å². The molecule has 0 aromatic heterocycles. The maximum absolute atomic E-state index is 11.0. The average molecular weight is 302 g/mol. The van der Waals surface area contributed by atoms with Gasteiger partial charge in [0.05, 0.1) is 0 Å². The van der Waals surface area contributed by atoms with Crippen LogP contribution < -0.4 is 29.6 Å². The molecule has 0 aromatic carbocycles. The van der Waals surface area contributed by atoms with Crippen LogP contribution in [0.2, 0.25) is 0 Å². The van der Waals surface area contributed by atoms with Crippen LogP contribution in [0.4, 0.5) is 0 Å². The summed E-state index contributed by atoms with van der Waals surface area (Å²) in [6.07, 6.45) is 7.90. The molecule has 6 heteroatoms. The molecule has 0 radical (unpaired) electrons. The smallest absolute Gasteiger partial charge is 0.746 e. The normalized spacial score (nSPS) is 14.7. The van der Waals surface area contributed by atoms with Gasteiger partial charge in [0.2, 0.25) is 0 Å². The Labute approximate surface area is 140 Å². The Kier molecular flexibility index (Phi) is 13.4. The zero-order chi connectivity index (χ0) is 14.1. The Morgan fingerprint density at radius 1 is 0.895 bits per heavy atom. The van der Waals surface area contributed by atoms with E-state index in [2.05, 4.69) is 6.92 Å². The predicted octanol–water partition coefficient (Wildman–Crippen LogP) is 0.165. The van der Waals surface area contributed by atoms with Crippen molar-refractivity contribution in [3.8, 4) is 0 Å². The van der Waals surface area contributed by atoms with E-state index < -0.39 is 15.1 Å². The monoisotopic (exact) mass is 302 g/mol. The van der Waals surface area contributed by atoms with E-state index in [1.54, 1.807) is 6.92 Å². The first-order valence-corrected chi connectivity index (χ1v) is 8.46. The van der Waals surface area contributed by atoms with E-state index in [-0.39, 0.29) is 42.4 Å². The van der Waals surface area contributed by atoms with Crippen molar-refractivity contribution in [3.05, 3.63) is 0 Å². The number of rotatable bonds is 11. The Hall–Kier alpha value is 0.870. The van der Waals surface area contributed by atoms with Crippen LogP contribution in [0, 0.1) is 0 Å². The van der Waals surface area contributed by atoms with Crippen molar-refractivity contribution in [1.82, 2.24) is 0 Å². The van der Waals surface area contributed by atoms with Gasteiger partial charge in [0, 0.05) is 0 Å². The second-order valence-corrected chi connectivity index (χ2v) is 6.69. The topological polar surface area (TPSA) is 77.4 Å². The molecular formula is C13H27NaO4S. The predicted molar refractivity (Wildman–Crippen MR) is 72.2 cm³/mol. The van der Waals surface area contributed by atoms with Gasteiger partial charge >= 0.3 is 29.6 Å². The second-order valence-electron chi connectivity index (χ2n) is 5.02. The molecule has 1 unspecified atom stereocenters. The van der Waals surface area contributed by atoms with Gasteiger partial charge in [-0.05, 0) is 19.3 Å². The fourth-order valence-electron chi connectivity index (χ4n) is 2.12. The van der Waals surface area contributed by atoms with Gasteiger partial charge in [0.25, 0.3) is 0 Å². The molecule has 0 aliphatic carbocycles. The van der Waals surface area contributed by atoms with Crippen molar-refractivity contribution in [1.29, 1.82) is 0 Å². The molecule has 0 heterocycles. The summed E-state index contributed by atoms with van der Waals surface area (Å²) < 4.78 is 33.1. The van der Waals surface area contributed by atoms with E-state index in [0.29, 0.717) is 12.8 Å². The summed E-state index contributed by atoms with van der Waals surface area (Å²) in [7, 11) is -4.62. The molecule has 0 aliphatic rings. The molecule has 0 spiro atoms. The third-order valence-electron chi connectivity index (χ3n) is 3.28. The Morgan fingerprint density at radius 2 is 1.37 bits per heavy atom.